The van der Waals surface area contributed by atoms with Gasteiger partial charge in [0.1, 0.15) is 0 Å². The summed E-state index contributed by atoms with van der Waals surface area (Å²) in [4.78, 5) is 0. The summed E-state index contributed by atoms with van der Waals surface area (Å²) in [5.41, 5.74) is 0.114. The highest BCUT2D eigenvalue weighted by molar-refractivity contribution is 4.98. The molecular weight excluding hydrogens is 170 g/mol. The van der Waals surface area contributed by atoms with Crippen LogP contribution in [-0.2, 0) is 0 Å². The Labute approximate surface area is 79.7 Å². The maximum absolute atomic E-state index is 12.7. The second-order valence-corrected chi connectivity index (χ2v) is 5.93. The predicted octanol–water partition coefficient (Wildman–Crippen LogP) is 4.10. The first-order valence-corrected chi connectivity index (χ1v) is 4.94. The zero-order valence-corrected chi connectivity index (χ0v) is 9.25. The molecular formula is C11H20F2. The van der Waals surface area contributed by atoms with Crippen molar-refractivity contribution in [2.45, 2.75) is 53.4 Å². The monoisotopic (exact) mass is 190 g/mol. The molecule has 0 heterocycles. The summed E-state index contributed by atoms with van der Waals surface area (Å²) in [5, 5.41) is 0. The summed E-state index contributed by atoms with van der Waals surface area (Å²) in [6, 6.07) is 0. The van der Waals surface area contributed by atoms with Crippen LogP contribution in [0.1, 0.15) is 47.5 Å². The van der Waals surface area contributed by atoms with Crippen molar-refractivity contribution in [1.82, 2.24) is 0 Å². The van der Waals surface area contributed by atoms with Gasteiger partial charge in [0.15, 0.2) is 0 Å². The lowest BCUT2D eigenvalue weighted by molar-refractivity contribution is -0.161. The molecule has 0 bridgehead atoms. The van der Waals surface area contributed by atoms with Gasteiger partial charge in [0.25, 0.3) is 0 Å². The first-order chi connectivity index (χ1) is 5.56. The minimum atomic E-state index is -2.38. The van der Waals surface area contributed by atoms with Crippen LogP contribution in [0.25, 0.3) is 0 Å². The Morgan fingerprint density at radius 2 is 1.38 bits per heavy atom. The van der Waals surface area contributed by atoms with Crippen LogP contribution in [0.5, 0.6) is 0 Å². The van der Waals surface area contributed by atoms with E-state index in [4.69, 9.17) is 0 Å². The first kappa shape index (κ1) is 10.9. The van der Waals surface area contributed by atoms with Gasteiger partial charge >= 0.3 is 0 Å². The van der Waals surface area contributed by atoms with Gasteiger partial charge < -0.3 is 0 Å². The lowest BCUT2D eigenvalue weighted by Crippen LogP contribution is -2.48. The van der Waals surface area contributed by atoms with Crippen LogP contribution < -0.4 is 0 Å². The number of rotatable bonds is 1. The van der Waals surface area contributed by atoms with Crippen LogP contribution in [-0.4, -0.2) is 5.92 Å². The van der Waals surface area contributed by atoms with Crippen LogP contribution in [0.2, 0.25) is 0 Å². The van der Waals surface area contributed by atoms with Crippen molar-refractivity contribution >= 4 is 0 Å². The van der Waals surface area contributed by atoms with Crippen LogP contribution in [0.4, 0.5) is 8.78 Å². The summed E-state index contributed by atoms with van der Waals surface area (Å²) in [6.07, 6.45) is 0.161. The molecule has 0 aliphatic heterocycles. The molecule has 78 valence electrons. The van der Waals surface area contributed by atoms with Gasteiger partial charge in [-0.15, -0.1) is 0 Å². The molecule has 1 saturated carbocycles. The van der Waals surface area contributed by atoms with Crippen molar-refractivity contribution in [2.24, 2.45) is 16.7 Å². The Hall–Kier alpha value is -0.140. The second kappa shape index (κ2) is 2.68. The van der Waals surface area contributed by atoms with Gasteiger partial charge in [-0.25, -0.2) is 8.78 Å². The molecule has 0 N–H and O–H groups in total. The standard InChI is InChI=1S/C11H20F2/c1-9(2,3)10(4,5)8-6-11(12,13)7-8/h8H,6-7H2,1-5H3. The van der Waals surface area contributed by atoms with Crippen molar-refractivity contribution in [3.8, 4) is 0 Å². The molecule has 0 unspecified atom stereocenters. The highest BCUT2D eigenvalue weighted by Gasteiger charge is 2.54. The maximum atomic E-state index is 12.7. The average Bonchev–Trinajstić information content (AvgIpc) is 1.79. The fourth-order valence-corrected chi connectivity index (χ4v) is 1.78. The molecule has 1 aliphatic rings. The predicted molar refractivity (Wildman–Crippen MR) is 50.9 cm³/mol. The molecule has 0 atom stereocenters. The number of alkyl halides is 2. The first-order valence-electron chi connectivity index (χ1n) is 4.94. The highest BCUT2D eigenvalue weighted by Crippen LogP contribution is 2.56. The van der Waals surface area contributed by atoms with Gasteiger partial charge in [0.05, 0.1) is 0 Å². The third-order valence-corrected chi connectivity index (χ3v) is 4.04. The van der Waals surface area contributed by atoms with E-state index >= 15 is 0 Å². The molecule has 1 fully saturated rings. The summed E-state index contributed by atoms with van der Waals surface area (Å²) >= 11 is 0. The Balaban J connectivity index is 2.64. The number of hydrogen-bond acceptors (Lipinski definition) is 0. The van der Waals surface area contributed by atoms with E-state index in [2.05, 4.69) is 34.6 Å². The summed E-state index contributed by atoms with van der Waals surface area (Å²) in [5.74, 6) is -2.20. The van der Waals surface area contributed by atoms with E-state index in [0.717, 1.165) is 0 Å². The lowest BCUT2D eigenvalue weighted by atomic mass is 9.55. The molecule has 2 heteroatoms. The lowest BCUT2D eigenvalue weighted by Gasteiger charge is -2.51. The molecule has 0 aromatic carbocycles. The minimum Gasteiger partial charge on any atom is -0.207 e. The van der Waals surface area contributed by atoms with E-state index in [0.29, 0.717) is 0 Å². The van der Waals surface area contributed by atoms with E-state index in [1.807, 2.05) is 0 Å². The largest absolute Gasteiger partial charge is 0.248 e. The molecule has 0 nitrogen and oxygen atoms in total. The normalized spacial score (nSPS) is 24.2. The zero-order chi connectivity index (χ0) is 10.5. The molecule has 0 spiro atoms. The Morgan fingerprint density at radius 1 is 1.00 bits per heavy atom. The molecule has 0 saturated heterocycles. The zero-order valence-electron chi connectivity index (χ0n) is 9.25. The molecule has 0 amide bonds. The smallest absolute Gasteiger partial charge is 0.207 e. The van der Waals surface area contributed by atoms with Crippen molar-refractivity contribution in [3.63, 3.8) is 0 Å². The molecule has 1 aliphatic carbocycles. The van der Waals surface area contributed by atoms with E-state index in [9.17, 15) is 8.78 Å². The fraction of sp³-hybridized carbons (Fsp3) is 1.00. The Bertz CT molecular complexity index is 191. The van der Waals surface area contributed by atoms with Crippen LogP contribution in [0.15, 0.2) is 0 Å². The fourth-order valence-electron chi connectivity index (χ4n) is 1.78. The van der Waals surface area contributed by atoms with Crippen molar-refractivity contribution in [1.29, 1.82) is 0 Å². The topological polar surface area (TPSA) is 0 Å². The SMILES string of the molecule is CC(C)(C)C(C)(C)C1CC(F)(F)C1. The summed E-state index contributed by atoms with van der Waals surface area (Å²) < 4.78 is 25.4. The van der Waals surface area contributed by atoms with Crippen molar-refractivity contribution in [3.05, 3.63) is 0 Å². The van der Waals surface area contributed by atoms with E-state index in [1.165, 1.54) is 0 Å². The van der Waals surface area contributed by atoms with Crippen molar-refractivity contribution < 1.29 is 8.78 Å². The third-order valence-electron chi connectivity index (χ3n) is 4.04. The second-order valence-electron chi connectivity index (χ2n) is 5.93. The van der Waals surface area contributed by atoms with Gasteiger partial charge in [-0.1, -0.05) is 34.6 Å². The van der Waals surface area contributed by atoms with E-state index in [1.54, 1.807) is 0 Å². The van der Waals surface area contributed by atoms with Crippen LogP contribution in [0.3, 0.4) is 0 Å². The average molecular weight is 190 g/mol. The molecule has 0 aromatic heterocycles. The van der Waals surface area contributed by atoms with Gasteiger partial charge in [-0.05, 0) is 16.7 Å². The quantitative estimate of drug-likeness (QED) is 0.584. The van der Waals surface area contributed by atoms with Gasteiger partial charge in [-0.2, -0.15) is 0 Å². The highest BCUT2D eigenvalue weighted by atomic mass is 19.3. The van der Waals surface area contributed by atoms with Gasteiger partial charge in [0.2, 0.25) is 5.92 Å². The maximum Gasteiger partial charge on any atom is 0.248 e. The van der Waals surface area contributed by atoms with E-state index in [-0.39, 0.29) is 29.6 Å². The minimum absolute atomic E-state index is 0.00861. The summed E-state index contributed by atoms with van der Waals surface area (Å²) in [7, 11) is 0. The van der Waals surface area contributed by atoms with E-state index < -0.39 is 5.92 Å². The molecule has 1 rings (SSSR count). The van der Waals surface area contributed by atoms with Crippen LogP contribution >= 0.6 is 0 Å². The number of hydrogen-bond donors (Lipinski definition) is 0. The number of halogens is 2. The Kier molecular flexibility index (Phi) is 2.25. The van der Waals surface area contributed by atoms with Crippen molar-refractivity contribution in [2.75, 3.05) is 0 Å². The summed E-state index contributed by atoms with van der Waals surface area (Å²) in [6.45, 7) is 10.6. The molecule has 13 heavy (non-hydrogen) atoms. The van der Waals surface area contributed by atoms with Crippen LogP contribution in [0, 0.1) is 16.7 Å². The third kappa shape index (κ3) is 1.87. The molecule has 0 radical (unpaired) electrons. The van der Waals surface area contributed by atoms with Gasteiger partial charge in [-0.3, -0.25) is 0 Å². The molecule has 0 aromatic rings. The van der Waals surface area contributed by atoms with Gasteiger partial charge in [0, 0.05) is 12.8 Å². The Morgan fingerprint density at radius 3 is 1.62 bits per heavy atom.